The van der Waals surface area contributed by atoms with Crippen LogP contribution in [0.3, 0.4) is 0 Å². The molecule has 0 saturated carbocycles. The van der Waals surface area contributed by atoms with Gasteiger partial charge in [-0.2, -0.15) is 10.2 Å². The maximum atomic E-state index is 12.2. The molecule has 0 aliphatic carbocycles. The van der Waals surface area contributed by atoms with Gasteiger partial charge in [-0.15, -0.1) is 12.3 Å². The lowest BCUT2D eigenvalue weighted by Crippen LogP contribution is -2.44. The Morgan fingerprint density at radius 2 is 2.14 bits per heavy atom. The predicted molar refractivity (Wildman–Crippen MR) is 82.7 cm³/mol. The molecule has 2 aliphatic rings. The third-order valence-electron chi connectivity index (χ3n) is 4.60. The van der Waals surface area contributed by atoms with E-state index >= 15 is 0 Å². The molecule has 1 fully saturated rings. The van der Waals surface area contributed by atoms with E-state index in [1.54, 1.807) is 0 Å². The standard InChI is InChI=1S/C16H26N4O/c1-5-7-9-16(18-19-16)10-8-14(21)17-13-11-20(6-2)12-15(13,3)4/h1,13H,6-12H2,2-4H3,(H,17,21). The van der Waals surface area contributed by atoms with Gasteiger partial charge >= 0.3 is 0 Å². The molecule has 2 rings (SSSR count). The summed E-state index contributed by atoms with van der Waals surface area (Å²) < 4.78 is 0. The number of carbonyl (C=O) groups is 1. The summed E-state index contributed by atoms with van der Waals surface area (Å²) in [5.74, 6) is 2.71. The van der Waals surface area contributed by atoms with Crippen LogP contribution in [0, 0.1) is 17.8 Å². The fraction of sp³-hybridized carbons (Fsp3) is 0.812. The highest BCUT2D eigenvalue weighted by molar-refractivity contribution is 5.76. The monoisotopic (exact) mass is 290 g/mol. The van der Waals surface area contributed by atoms with E-state index in [4.69, 9.17) is 6.42 Å². The van der Waals surface area contributed by atoms with Gasteiger partial charge in [0, 0.05) is 44.8 Å². The van der Waals surface area contributed by atoms with E-state index in [0.717, 1.165) is 26.1 Å². The highest BCUT2D eigenvalue weighted by Crippen LogP contribution is 2.37. The van der Waals surface area contributed by atoms with Crippen molar-refractivity contribution in [1.82, 2.24) is 10.2 Å². The first-order valence-corrected chi connectivity index (χ1v) is 7.80. The van der Waals surface area contributed by atoms with Crippen LogP contribution in [0.1, 0.15) is 46.5 Å². The maximum absolute atomic E-state index is 12.2. The molecule has 5 heteroatoms. The van der Waals surface area contributed by atoms with E-state index in [2.05, 4.69) is 47.1 Å². The molecule has 5 nitrogen and oxygen atoms in total. The van der Waals surface area contributed by atoms with Gasteiger partial charge < -0.3 is 10.2 Å². The Labute approximate surface area is 127 Å². The van der Waals surface area contributed by atoms with Crippen LogP contribution in [-0.4, -0.2) is 42.1 Å². The summed E-state index contributed by atoms with van der Waals surface area (Å²) in [4.78, 5) is 14.6. The summed E-state index contributed by atoms with van der Waals surface area (Å²) in [6, 6.07) is 0.222. The lowest BCUT2D eigenvalue weighted by molar-refractivity contribution is -0.122. The first-order chi connectivity index (χ1) is 9.91. The van der Waals surface area contributed by atoms with Gasteiger partial charge in [0.1, 0.15) is 0 Å². The lowest BCUT2D eigenvalue weighted by atomic mass is 9.87. The van der Waals surface area contributed by atoms with Crippen molar-refractivity contribution in [3.05, 3.63) is 0 Å². The predicted octanol–water partition coefficient (Wildman–Crippen LogP) is 2.19. The summed E-state index contributed by atoms with van der Waals surface area (Å²) in [5.41, 5.74) is -0.231. The number of nitrogens with zero attached hydrogens (tertiary/aromatic N) is 3. The second-order valence-electron chi connectivity index (χ2n) is 6.82. The zero-order chi connectivity index (χ0) is 15.5. The molecule has 21 heavy (non-hydrogen) atoms. The van der Waals surface area contributed by atoms with Gasteiger partial charge in [-0.1, -0.05) is 20.8 Å². The van der Waals surface area contributed by atoms with Crippen molar-refractivity contribution in [3.8, 4) is 12.3 Å². The van der Waals surface area contributed by atoms with Gasteiger partial charge in [0.25, 0.3) is 0 Å². The number of likely N-dealkylation sites (N-methyl/N-ethyl adjacent to an activating group) is 1. The van der Waals surface area contributed by atoms with Crippen LogP contribution in [0.2, 0.25) is 0 Å². The van der Waals surface area contributed by atoms with E-state index in [1.165, 1.54) is 0 Å². The lowest BCUT2D eigenvalue weighted by Gasteiger charge is -2.26. The van der Waals surface area contributed by atoms with Gasteiger partial charge in [-0.3, -0.25) is 4.79 Å². The molecule has 0 aromatic heterocycles. The van der Waals surface area contributed by atoms with Crippen LogP contribution < -0.4 is 5.32 Å². The Bertz CT molecular complexity index is 457. The van der Waals surface area contributed by atoms with Crippen molar-refractivity contribution in [2.24, 2.45) is 15.6 Å². The van der Waals surface area contributed by atoms with Crippen LogP contribution >= 0.6 is 0 Å². The van der Waals surface area contributed by atoms with E-state index in [0.29, 0.717) is 19.3 Å². The number of carbonyl (C=O) groups excluding carboxylic acids is 1. The Hall–Kier alpha value is -1.41. The normalized spacial score (nSPS) is 25.5. The van der Waals surface area contributed by atoms with Crippen molar-refractivity contribution in [1.29, 1.82) is 0 Å². The van der Waals surface area contributed by atoms with E-state index in [1.807, 2.05) is 0 Å². The van der Waals surface area contributed by atoms with Gasteiger partial charge in [0.15, 0.2) is 5.66 Å². The number of nitrogens with one attached hydrogen (secondary N) is 1. The molecule has 0 radical (unpaired) electrons. The highest BCUT2D eigenvalue weighted by atomic mass is 16.1. The van der Waals surface area contributed by atoms with Crippen molar-refractivity contribution in [3.63, 3.8) is 0 Å². The Balaban J connectivity index is 1.76. The van der Waals surface area contributed by atoms with Gasteiger partial charge in [0.2, 0.25) is 5.91 Å². The Kier molecular flexibility index (Phi) is 4.67. The second-order valence-corrected chi connectivity index (χ2v) is 6.82. The number of terminal acetylenes is 1. The van der Waals surface area contributed by atoms with Crippen molar-refractivity contribution >= 4 is 5.91 Å². The molecule has 1 N–H and O–H groups in total. The topological polar surface area (TPSA) is 57.1 Å². The number of rotatable bonds is 7. The fourth-order valence-electron chi connectivity index (χ4n) is 2.99. The average molecular weight is 290 g/mol. The van der Waals surface area contributed by atoms with Crippen LogP contribution in [0.25, 0.3) is 0 Å². The Morgan fingerprint density at radius 3 is 2.67 bits per heavy atom. The first-order valence-electron chi connectivity index (χ1n) is 7.80. The average Bonchev–Trinajstić information content (AvgIpc) is 3.15. The molecule has 0 aromatic carbocycles. The zero-order valence-electron chi connectivity index (χ0n) is 13.4. The quantitative estimate of drug-likeness (QED) is 0.731. The van der Waals surface area contributed by atoms with Gasteiger partial charge in [-0.25, -0.2) is 0 Å². The third kappa shape index (κ3) is 4.04. The van der Waals surface area contributed by atoms with Crippen molar-refractivity contribution < 1.29 is 4.79 Å². The minimum Gasteiger partial charge on any atom is -0.351 e. The molecular formula is C16H26N4O. The Morgan fingerprint density at radius 1 is 1.43 bits per heavy atom. The fourth-order valence-corrected chi connectivity index (χ4v) is 2.99. The summed E-state index contributed by atoms with van der Waals surface area (Å²) >= 11 is 0. The minimum absolute atomic E-state index is 0.100. The van der Waals surface area contributed by atoms with Crippen LogP contribution in [-0.2, 0) is 4.79 Å². The molecule has 2 heterocycles. The van der Waals surface area contributed by atoms with Crippen molar-refractivity contribution in [2.45, 2.75) is 58.2 Å². The largest absolute Gasteiger partial charge is 0.351 e. The molecule has 0 bridgehead atoms. The van der Waals surface area contributed by atoms with E-state index in [9.17, 15) is 4.79 Å². The molecule has 0 aromatic rings. The molecule has 1 atom stereocenters. The zero-order valence-corrected chi connectivity index (χ0v) is 13.4. The van der Waals surface area contributed by atoms with Crippen LogP contribution in [0.4, 0.5) is 0 Å². The second kappa shape index (κ2) is 6.15. The highest BCUT2D eigenvalue weighted by Gasteiger charge is 2.41. The molecule has 1 saturated heterocycles. The molecule has 1 unspecified atom stereocenters. The van der Waals surface area contributed by atoms with E-state index in [-0.39, 0.29) is 23.0 Å². The molecular weight excluding hydrogens is 264 g/mol. The molecule has 0 spiro atoms. The first kappa shape index (κ1) is 16.0. The minimum atomic E-state index is -0.357. The maximum Gasteiger partial charge on any atom is 0.220 e. The summed E-state index contributed by atoms with van der Waals surface area (Å²) in [5, 5.41) is 11.3. The third-order valence-corrected chi connectivity index (χ3v) is 4.60. The van der Waals surface area contributed by atoms with Gasteiger partial charge in [-0.05, 0) is 12.0 Å². The number of amides is 1. The number of likely N-dealkylation sites (tertiary alicyclic amines) is 1. The molecule has 1 amide bonds. The molecule has 2 aliphatic heterocycles. The number of hydrogen-bond acceptors (Lipinski definition) is 4. The van der Waals surface area contributed by atoms with Crippen LogP contribution in [0.5, 0.6) is 0 Å². The summed E-state index contributed by atoms with van der Waals surface area (Å²) in [7, 11) is 0. The SMILES string of the molecule is C#CCCC1(CCC(=O)NC2CN(CC)CC2(C)C)N=N1. The van der Waals surface area contributed by atoms with Crippen LogP contribution in [0.15, 0.2) is 10.2 Å². The van der Waals surface area contributed by atoms with Gasteiger partial charge in [0.05, 0.1) is 0 Å². The summed E-state index contributed by atoms with van der Waals surface area (Å²) in [6.45, 7) is 9.59. The summed E-state index contributed by atoms with van der Waals surface area (Å²) in [6.07, 6.45) is 7.83. The van der Waals surface area contributed by atoms with Crippen molar-refractivity contribution in [2.75, 3.05) is 19.6 Å². The van der Waals surface area contributed by atoms with E-state index < -0.39 is 0 Å². The molecule has 116 valence electrons. The number of hydrogen-bond donors (Lipinski definition) is 1. The smallest absolute Gasteiger partial charge is 0.220 e.